The minimum atomic E-state index is -0.679. The maximum absolute atomic E-state index is 10.8. The molecule has 17 heavy (non-hydrogen) atoms. The first kappa shape index (κ1) is 14.5. The van der Waals surface area contributed by atoms with Gasteiger partial charge in [0.05, 0.1) is 6.42 Å². The van der Waals surface area contributed by atoms with E-state index in [1.807, 2.05) is 0 Å². The monoisotopic (exact) mass is 241 g/mol. The Morgan fingerprint density at radius 3 is 2.24 bits per heavy atom. The number of carboxylic acids is 1. The number of aliphatic carboxylic acids is 1. The Labute approximate surface area is 105 Å². The van der Waals surface area contributed by atoms with Gasteiger partial charge in [0.2, 0.25) is 0 Å². The van der Waals surface area contributed by atoms with Gasteiger partial charge in [-0.15, -0.1) is 0 Å². The molecule has 0 amide bonds. The molecule has 1 rings (SSSR count). The van der Waals surface area contributed by atoms with Gasteiger partial charge in [-0.3, -0.25) is 9.69 Å². The summed E-state index contributed by atoms with van der Waals surface area (Å²) in [6.45, 7) is 5.17. The molecule has 0 radical (unpaired) electrons. The number of hydrogen-bond acceptors (Lipinski definition) is 2. The predicted molar refractivity (Wildman–Crippen MR) is 70.2 cm³/mol. The van der Waals surface area contributed by atoms with E-state index in [2.05, 4.69) is 18.7 Å². The van der Waals surface area contributed by atoms with Gasteiger partial charge in [0.1, 0.15) is 0 Å². The quantitative estimate of drug-likeness (QED) is 0.803. The van der Waals surface area contributed by atoms with E-state index in [-0.39, 0.29) is 12.5 Å². The number of hydrogen-bond donors (Lipinski definition) is 1. The minimum Gasteiger partial charge on any atom is -0.481 e. The molecule has 0 saturated heterocycles. The van der Waals surface area contributed by atoms with Crippen LogP contribution in [-0.4, -0.2) is 34.6 Å². The molecule has 1 fully saturated rings. The van der Waals surface area contributed by atoms with Crippen LogP contribution in [0.2, 0.25) is 0 Å². The van der Waals surface area contributed by atoms with Crippen LogP contribution in [-0.2, 0) is 4.79 Å². The molecule has 3 nitrogen and oxygen atoms in total. The van der Waals surface area contributed by atoms with E-state index in [1.165, 1.54) is 44.9 Å². The number of rotatable bonds is 5. The average molecular weight is 241 g/mol. The van der Waals surface area contributed by atoms with Crippen molar-refractivity contribution in [3.05, 3.63) is 0 Å². The molecule has 100 valence electrons. The van der Waals surface area contributed by atoms with Crippen molar-refractivity contribution < 1.29 is 9.90 Å². The van der Waals surface area contributed by atoms with E-state index in [4.69, 9.17) is 5.11 Å². The van der Waals surface area contributed by atoms with Crippen molar-refractivity contribution in [3.63, 3.8) is 0 Å². The zero-order valence-corrected chi connectivity index (χ0v) is 11.3. The molecule has 0 heterocycles. The fourth-order valence-electron chi connectivity index (χ4n) is 3.07. The lowest BCUT2D eigenvalue weighted by Gasteiger charge is -2.36. The molecule has 1 N–H and O–H groups in total. The van der Waals surface area contributed by atoms with Gasteiger partial charge in [-0.1, -0.05) is 39.0 Å². The Hall–Kier alpha value is -0.570. The van der Waals surface area contributed by atoms with Crippen LogP contribution in [0, 0.1) is 0 Å². The van der Waals surface area contributed by atoms with Gasteiger partial charge in [0.15, 0.2) is 0 Å². The van der Waals surface area contributed by atoms with Crippen molar-refractivity contribution in [1.29, 1.82) is 0 Å². The summed E-state index contributed by atoms with van der Waals surface area (Å²) < 4.78 is 0. The lowest BCUT2D eigenvalue weighted by Crippen LogP contribution is -2.43. The standard InChI is InChI=1S/C14H27NO2/c1-3-15(12(2)11-14(16)17)13-9-7-5-4-6-8-10-13/h12-13H,3-11H2,1-2H3,(H,16,17). The minimum absolute atomic E-state index is 0.168. The zero-order chi connectivity index (χ0) is 12.7. The van der Waals surface area contributed by atoms with Crippen LogP contribution in [0.25, 0.3) is 0 Å². The molecule has 0 spiro atoms. The van der Waals surface area contributed by atoms with Gasteiger partial charge in [0, 0.05) is 12.1 Å². The van der Waals surface area contributed by atoms with Gasteiger partial charge in [-0.25, -0.2) is 0 Å². The smallest absolute Gasteiger partial charge is 0.304 e. The normalized spacial score (nSPS) is 20.9. The molecule has 1 atom stereocenters. The van der Waals surface area contributed by atoms with Crippen molar-refractivity contribution in [3.8, 4) is 0 Å². The van der Waals surface area contributed by atoms with E-state index in [9.17, 15) is 4.79 Å². The number of carboxylic acid groups (broad SMARTS) is 1. The molecule has 0 aromatic heterocycles. The Kier molecular flexibility index (Phi) is 6.56. The lowest BCUT2D eigenvalue weighted by molar-refractivity contribution is -0.138. The average Bonchev–Trinajstić information content (AvgIpc) is 2.20. The Balaban J connectivity index is 2.53. The molecule has 1 unspecified atom stereocenters. The highest BCUT2D eigenvalue weighted by atomic mass is 16.4. The van der Waals surface area contributed by atoms with Crippen molar-refractivity contribution >= 4 is 5.97 Å². The van der Waals surface area contributed by atoms with Crippen LogP contribution in [0.5, 0.6) is 0 Å². The SMILES string of the molecule is CCN(C(C)CC(=O)O)C1CCCCCCC1. The van der Waals surface area contributed by atoms with Crippen LogP contribution in [0.4, 0.5) is 0 Å². The largest absolute Gasteiger partial charge is 0.481 e. The molecular weight excluding hydrogens is 214 g/mol. The molecule has 0 aliphatic heterocycles. The molecule has 1 saturated carbocycles. The molecule has 0 bridgehead atoms. The number of nitrogens with zero attached hydrogens (tertiary/aromatic N) is 1. The van der Waals surface area contributed by atoms with Crippen LogP contribution in [0.3, 0.4) is 0 Å². The highest BCUT2D eigenvalue weighted by Crippen LogP contribution is 2.23. The third-order valence-corrected chi connectivity index (χ3v) is 3.95. The first-order valence-corrected chi connectivity index (χ1v) is 7.12. The van der Waals surface area contributed by atoms with Crippen LogP contribution >= 0.6 is 0 Å². The summed E-state index contributed by atoms with van der Waals surface area (Å²) >= 11 is 0. The van der Waals surface area contributed by atoms with Crippen molar-refractivity contribution in [1.82, 2.24) is 4.90 Å². The summed E-state index contributed by atoms with van der Waals surface area (Å²) in [6.07, 6.45) is 9.45. The van der Waals surface area contributed by atoms with Gasteiger partial charge in [-0.05, 0) is 26.3 Å². The van der Waals surface area contributed by atoms with Gasteiger partial charge < -0.3 is 5.11 Å². The third kappa shape index (κ3) is 5.07. The van der Waals surface area contributed by atoms with E-state index in [1.54, 1.807) is 0 Å². The zero-order valence-electron chi connectivity index (χ0n) is 11.3. The second kappa shape index (κ2) is 7.70. The maximum atomic E-state index is 10.8. The van der Waals surface area contributed by atoms with Crippen LogP contribution in [0.15, 0.2) is 0 Å². The molecule has 3 heteroatoms. The topological polar surface area (TPSA) is 40.5 Å². The van der Waals surface area contributed by atoms with Crippen molar-refractivity contribution in [2.24, 2.45) is 0 Å². The van der Waals surface area contributed by atoms with E-state index in [0.717, 1.165) is 6.54 Å². The molecule has 0 aromatic carbocycles. The summed E-state index contributed by atoms with van der Waals surface area (Å²) in [7, 11) is 0. The molecule has 1 aliphatic rings. The van der Waals surface area contributed by atoms with Crippen LogP contribution in [0.1, 0.15) is 65.2 Å². The lowest BCUT2D eigenvalue weighted by atomic mass is 9.94. The maximum Gasteiger partial charge on any atom is 0.304 e. The second-order valence-electron chi connectivity index (χ2n) is 5.28. The summed E-state index contributed by atoms with van der Waals surface area (Å²) in [5.74, 6) is -0.679. The van der Waals surface area contributed by atoms with Crippen molar-refractivity contribution in [2.45, 2.75) is 77.3 Å². The Morgan fingerprint density at radius 2 is 1.76 bits per heavy atom. The number of carbonyl (C=O) groups is 1. The van der Waals surface area contributed by atoms with Gasteiger partial charge in [0.25, 0.3) is 0 Å². The highest BCUT2D eigenvalue weighted by molar-refractivity contribution is 5.67. The van der Waals surface area contributed by atoms with Crippen LogP contribution < -0.4 is 0 Å². The van der Waals surface area contributed by atoms with Gasteiger partial charge in [-0.2, -0.15) is 0 Å². The fourth-order valence-corrected chi connectivity index (χ4v) is 3.07. The molecule has 0 aromatic rings. The third-order valence-electron chi connectivity index (χ3n) is 3.95. The van der Waals surface area contributed by atoms with E-state index >= 15 is 0 Å². The van der Waals surface area contributed by atoms with Gasteiger partial charge >= 0.3 is 5.97 Å². The first-order valence-electron chi connectivity index (χ1n) is 7.12. The van der Waals surface area contributed by atoms with E-state index < -0.39 is 5.97 Å². The molecular formula is C14H27NO2. The first-order chi connectivity index (χ1) is 8.15. The second-order valence-corrected chi connectivity index (χ2v) is 5.28. The summed E-state index contributed by atoms with van der Waals surface area (Å²) in [5.41, 5.74) is 0. The summed E-state index contributed by atoms with van der Waals surface area (Å²) in [4.78, 5) is 13.2. The highest BCUT2D eigenvalue weighted by Gasteiger charge is 2.23. The fraction of sp³-hybridized carbons (Fsp3) is 0.929. The Morgan fingerprint density at radius 1 is 1.24 bits per heavy atom. The Bertz CT molecular complexity index is 222. The summed E-state index contributed by atoms with van der Waals surface area (Å²) in [6, 6.07) is 0.775. The summed E-state index contributed by atoms with van der Waals surface area (Å²) in [5, 5.41) is 8.90. The van der Waals surface area contributed by atoms with E-state index in [0.29, 0.717) is 6.04 Å². The van der Waals surface area contributed by atoms with Crippen molar-refractivity contribution in [2.75, 3.05) is 6.54 Å². The molecule has 1 aliphatic carbocycles. The predicted octanol–water partition coefficient (Wildman–Crippen LogP) is 3.28.